The van der Waals surface area contributed by atoms with Crippen LogP contribution in [0.25, 0.3) is 43.8 Å². The summed E-state index contributed by atoms with van der Waals surface area (Å²) in [5.41, 5.74) is 2.62. The number of hydrogen-bond acceptors (Lipinski definition) is 1. The van der Waals surface area contributed by atoms with Gasteiger partial charge in [-0.2, -0.15) is 0 Å². The van der Waals surface area contributed by atoms with Crippen molar-refractivity contribution in [1.29, 1.82) is 0 Å². The SMILES string of the molecule is Cc1ccc2cc3ccc(Cl)c(-c4c(F)cc(F)cc4F)c3cc2c1-c1ccc(Cl)nc1. The number of halogens is 5. The van der Waals surface area contributed by atoms with Crippen LogP contribution < -0.4 is 0 Å². The van der Waals surface area contributed by atoms with E-state index in [1.54, 1.807) is 24.4 Å². The molecule has 0 aliphatic heterocycles. The molecular weight excluding hydrogens is 454 g/mol. The van der Waals surface area contributed by atoms with E-state index < -0.39 is 17.5 Å². The van der Waals surface area contributed by atoms with Crippen LogP contribution >= 0.6 is 23.2 Å². The highest BCUT2D eigenvalue weighted by molar-refractivity contribution is 6.35. The van der Waals surface area contributed by atoms with Gasteiger partial charge in [-0.15, -0.1) is 0 Å². The molecule has 1 heterocycles. The van der Waals surface area contributed by atoms with E-state index in [4.69, 9.17) is 23.2 Å². The highest BCUT2D eigenvalue weighted by Crippen LogP contribution is 2.42. The Morgan fingerprint density at radius 1 is 0.688 bits per heavy atom. The van der Waals surface area contributed by atoms with Gasteiger partial charge in [0.1, 0.15) is 22.6 Å². The van der Waals surface area contributed by atoms with Crippen LogP contribution in [0, 0.1) is 24.4 Å². The van der Waals surface area contributed by atoms with Crippen LogP contribution in [0.15, 0.2) is 66.9 Å². The molecule has 32 heavy (non-hydrogen) atoms. The minimum Gasteiger partial charge on any atom is -0.244 e. The lowest BCUT2D eigenvalue weighted by atomic mass is 9.90. The third-order valence-electron chi connectivity index (χ3n) is 5.59. The second-order valence-corrected chi connectivity index (χ2v) is 8.38. The Morgan fingerprint density at radius 3 is 2.00 bits per heavy atom. The van der Waals surface area contributed by atoms with E-state index in [0.717, 1.165) is 32.8 Å². The molecule has 1 aromatic heterocycles. The van der Waals surface area contributed by atoms with Crippen molar-refractivity contribution in [2.24, 2.45) is 0 Å². The average Bonchev–Trinajstić information content (AvgIpc) is 2.74. The molecule has 0 saturated heterocycles. The molecule has 4 aromatic carbocycles. The summed E-state index contributed by atoms with van der Waals surface area (Å²) in [6, 6.07) is 16.1. The van der Waals surface area contributed by atoms with Crippen molar-refractivity contribution in [1.82, 2.24) is 4.98 Å². The Kier molecular flexibility index (Phi) is 5.07. The fraction of sp³-hybridized carbons (Fsp3) is 0.0385. The quantitative estimate of drug-likeness (QED) is 0.186. The monoisotopic (exact) mass is 467 g/mol. The highest BCUT2D eigenvalue weighted by Gasteiger charge is 2.20. The first-order chi connectivity index (χ1) is 15.3. The smallest absolute Gasteiger partial charge is 0.136 e. The summed E-state index contributed by atoms with van der Waals surface area (Å²) in [6.45, 7) is 1.98. The number of hydrogen-bond donors (Lipinski definition) is 0. The number of aromatic nitrogens is 1. The lowest BCUT2D eigenvalue weighted by Gasteiger charge is -2.15. The molecule has 0 spiro atoms. The maximum Gasteiger partial charge on any atom is 0.136 e. The topological polar surface area (TPSA) is 12.9 Å². The van der Waals surface area contributed by atoms with Gasteiger partial charge in [-0.05, 0) is 69.9 Å². The van der Waals surface area contributed by atoms with E-state index in [-0.39, 0.29) is 16.1 Å². The number of nitrogens with zero attached hydrogens (tertiary/aromatic N) is 1. The van der Waals surface area contributed by atoms with E-state index in [9.17, 15) is 13.2 Å². The fourth-order valence-electron chi connectivity index (χ4n) is 4.17. The molecule has 0 atom stereocenters. The van der Waals surface area contributed by atoms with Crippen LogP contribution in [0.5, 0.6) is 0 Å². The molecule has 0 amide bonds. The summed E-state index contributed by atoms with van der Waals surface area (Å²) in [5.74, 6) is -3.01. The third-order valence-corrected chi connectivity index (χ3v) is 6.13. The second-order valence-electron chi connectivity index (χ2n) is 7.59. The van der Waals surface area contributed by atoms with Crippen molar-refractivity contribution in [2.45, 2.75) is 6.92 Å². The van der Waals surface area contributed by atoms with Crippen LogP contribution in [-0.2, 0) is 0 Å². The summed E-state index contributed by atoms with van der Waals surface area (Å²) in [5, 5.41) is 3.68. The van der Waals surface area contributed by atoms with Gasteiger partial charge in [0.05, 0.1) is 5.56 Å². The molecule has 5 aromatic rings. The summed E-state index contributed by atoms with van der Waals surface area (Å²) < 4.78 is 42.9. The molecule has 158 valence electrons. The fourth-order valence-corrected chi connectivity index (χ4v) is 4.54. The first-order valence-electron chi connectivity index (χ1n) is 9.76. The maximum atomic E-state index is 14.7. The van der Waals surface area contributed by atoms with Gasteiger partial charge in [0.25, 0.3) is 0 Å². The lowest BCUT2D eigenvalue weighted by Crippen LogP contribution is -1.95. The van der Waals surface area contributed by atoms with Gasteiger partial charge in [-0.25, -0.2) is 18.2 Å². The Balaban J connectivity index is 1.90. The van der Waals surface area contributed by atoms with E-state index in [0.29, 0.717) is 22.7 Å². The van der Waals surface area contributed by atoms with Crippen molar-refractivity contribution in [2.75, 3.05) is 0 Å². The van der Waals surface area contributed by atoms with E-state index in [1.165, 1.54) is 0 Å². The van der Waals surface area contributed by atoms with Gasteiger partial charge >= 0.3 is 0 Å². The summed E-state index contributed by atoms with van der Waals surface area (Å²) in [7, 11) is 0. The van der Waals surface area contributed by atoms with Crippen molar-refractivity contribution in [3.05, 3.63) is 100 Å². The van der Waals surface area contributed by atoms with Crippen molar-refractivity contribution in [3.8, 4) is 22.3 Å². The molecule has 0 bridgehead atoms. The molecule has 0 fully saturated rings. The zero-order chi connectivity index (χ0) is 22.6. The van der Waals surface area contributed by atoms with Gasteiger partial charge in [0.15, 0.2) is 0 Å². The largest absolute Gasteiger partial charge is 0.244 e. The Labute approximate surface area is 192 Å². The van der Waals surface area contributed by atoms with E-state index >= 15 is 0 Å². The van der Waals surface area contributed by atoms with Gasteiger partial charge in [-0.3, -0.25) is 0 Å². The molecule has 6 heteroatoms. The standard InChI is InChI=1S/C26H14Cl2F3N/c1-13-2-3-14-8-15-4-6-20(27)25(26-21(30)9-17(29)10-22(26)31)19(15)11-18(14)24(13)16-5-7-23(28)32-12-16/h2-12H,1H3. The van der Waals surface area contributed by atoms with Crippen LogP contribution in [-0.4, -0.2) is 4.98 Å². The summed E-state index contributed by atoms with van der Waals surface area (Å²) in [4.78, 5) is 4.19. The van der Waals surface area contributed by atoms with E-state index in [1.807, 2.05) is 37.3 Å². The minimum absolute atomic E-state index is 0.170. The molecule has 0 aliphatic carbocycles. The summed E-state index contributed by atoms with van der Waals surface area (Å²) in [6.07, 6.45) is 1.69. The van der Waals surface area contributed by atoms with Gasteiger partial charge < -0.3 is 0 Å². The molecule has 0 saturated carbocycles. The van der Waals surface area contributed by atoms with Crippen molar-refractivity contribution < 1.29 is 13.2 Å². The van der Waals surface area contributed by atoms with Gasteiger partial charge in [0, 0.05) is 34.5 Å². The predicted octanol–water partition coefficient (Wildman–Crippen LogP) is 8.75. The predicted molar refractivity (Wildman–Crippen MR) is 125 cm³/mol. The normalized spacial score (nSPS) is 11.4. The number of benzene rings is 4. The van der Waals surface area contributed by atoms with Gasteiger partial charge in [-0.1, -0.05) is 41.4 Å². The second kappa shape index (κ2) is 7.80. The molecule has 0 aliphatic rings. The average molecular weight is 468 g/mol. The zero-order valence-corrected chi connectivity index (χ0v) is 18.2. The molecule has 5 rings (SSSR count). The number of pyridine rings is 1. The first kappa shape index (κ1) is 20.8. The van der Waals surface area contributed by atoms with Gasteiger partial charge in [0.2, 0.25) is 0 Å². The van der Waals surface area contributed by atoms with E-state index in [2.05, 4.69) is 4.98 Å². The molecule has 0 radical (unpaired) electrons. The maximum absolute atomic E-state index is 14.7. The molecule has 0 unspecified atom stereocenters. The zero-order valence-electron chi connectivity index (χ0n) is 16.7. The van der Waals surface area contributed by atoms with Crippen LogP contribution in [0.3, 0.4) is 0 Å². The van der Waals surface area contributed by atoms with Crippen molar-refractivity contribution in [3.63, 3.8) is 0 Å². The number of rotatable bonds is 2. The van der Waals surface area contributed by atoms with Crippen LogP contribution in [0.4, 0.5) is 13.2 Å². The highest BCUT2D eigenvalue weighted by atomic mass is 35.5. The Morgan fingerprint density at radius 2 is 1.34 bits per heavy atom. The molecule has 0 N–H and O–H groups in total. The number of aryl methyl sites for hydroxylation is 1. The molecular formula is C26H14Cl2F3N. The Bertz CT molecular complexity index is 1510. The first-order valence-corrected chi connectivity index (χ1v) is 10.5. The number of fused-ring (bicyclic) bond motifs is 2. The summed E-state index contributed by atoms with van der Waals surface area (Å²) >= 11 is 12.4. The van der Waals surface area contributed by atoms with Crippen LogP contribution in [0.1, 0.15) is 5.56 Å². The van der Waals surface area contributed by atoms with Crippen molar-refractivity contribution >= 4 is 44.7 Å². The third kappa shape index (κ3) is 3.40. The minimum atomic E-state index is -1.01. The Hall–Kier alpha value is -3.08. The van der Waals surface area contributed by atoms with Crippen LogP contribution in [0.2, 0.25) is 10.2 Å². The molecule has 1 nitrogen and oxygen atoms in total. The lowest BCUT2D eigenvalue weighted by molar-refractivity contribution is 0.548.